The Hall–Kier alpha value is -2.87. The number of aliphatic imine (C=N–C) groups is 1. The fraction of sp³-hybridized carbons (Fsp3) is 0.542. The number of carbonyl (C=O) groups is 2. The molecule has 0 spiro atoms. The maximum Gasteiger partial charge on any atom is 0.306 e. The minimum atomic E-state index is -1.26. The summed E-state index contributed by atoms with van der Waals surface area (Å²) >= 11 is 0. The van der Waals surface area contributed by atoms with Crippen molar-refractivity contribution in [3.05, 3.63) is 42.5 Å². The molecule has 0 fully saturated rings. The number of rotatable bonds is 11. The van der Waals surface area contributed by atoms with Crippen LogP contribution in [0.15, 0.2) is 41.9 Å². The minimum absolute atomic E-state index is 0.0287. The standard InChI is InChI=1S/C24H34N2O6/c1-6-14-25-22(29)24(13-12-20(28)32-23(3,4)5)17(2)31-21(26-24)18-8-10-19(11-9-18)30-16-7-15-27/h6,8-11,17,27H,1,7,12-16H2,2-5H3,(H,25,29)/t17-,24-/m1/s1. The van der Waals surface area contributed by atoms with Crippen LogP contribution in [0.25, 0.3) is 0 Å². The fourth-order valence-electron chi connectivity index (χ4n) is 3.26. The highest BCUT2D eigenvalue weighted by molar-refractivity contribution is 6.01. The van der Waals surface area contributed by atoms with E-state index in [2.05, 4.69) is 16.9 Å². The topological polar surface area (TPSA) is 106 Å². The zero-order chi connectivity index (χ0) is 23.8. The second kappa shape index (κ2) is 11.1. The third kappa shape index (κ3) is 6.82. The van der Waals surface area contributed by atoms with Crippen LogP contribution in [0, 0.1) is 0 Å². The van der Waals surface area contributed by atoms with Gasteiger partial charge in [0.05, 0.1) is 6.61 Å². The smallest absolute Gasteiger partial charge is 0.306 e. The van der Waals surface area contributed by atoms with Crippen LogP contribution >= 0.6 is 0 Å². The predicted octanol–water partition coefficient (Wildman–Crippen LogP) is 2.78. The van der Waals surface area contributed by atoms with Crippen molar-refractivity contribution in [2.45, 2.75) is 64.2 Å². The number of hydrogen-bond acceptors (Lipinski definition) is 7. The molecule has 0 radical (unpaired) electrons. The van der Waals surface area contributed by atoms with E-state index in [1.165, 1.54) is 0 Å². The Bertz CT molecular complexity index is 828. The molecule has 176 valence electrons. The molecule has 1 amide bonds. The van der Waals surface area contributed by atoms with Crippen LogP contribution in [0.5, 0.6) is 5.75 Å². The summed E-state index contributed by atoms with van der Waals surface area (Å²) in [4.78, 5) is 30.0. The average molecular weight is 447 g/mol. The molecule has 0 aliphatic carbocycles. The molecule has 1 aliphatic rings. The van der Waals surface area contributed by atoms with Gasteiger partial charge in [0, 0.05) is 31.6 Å². The Morgan fingerprint density at radius 3 is 2.59 bits per heavy atom. The van der Waals surface area contributed by atoms with Gasteiger partial charge in [0.15, 0.2) is 5.54 Å². The van der Waals surface area contributed by atoms with Crippen molar-refractivity contribution in [3.8, 4) is 5.75 Å². The lowest BCUT2D eigenvalue weighted by molar-refractivity contribution is -0.155. The van der Waals surface area contributed by atoms with E-state index in [0.717, 1.165) is 0 Å². The van der Waals surface area contributed by atoms with E-state index in [1.54, 1.807) is 58.0 Å². The van der Waals surface area contributed by atoms with E-state index in [4.69, 9.17) is 19.3 Å². The first-order valence-electron chi connectivity index (χ1n) is 10.8. The summed E-state index contributed by atoms with van der Waals surface area (Å²) in [6.07, 6.45) is 1.73. The molecular weight excluding hydrogens is 412 g/mol. The number of nitrogens with zero attached hydrogens (tertiary/aromatic N) is 1. The Balaban J connectivity index is 2.23. The first kappa shape index (κ1) is 25.4. The molecule has 0 saturated heterocycles. The second-order valence-corrected chi connectivity index (χ2v) is 8.64. The quantitative estimate of drug-likeness (QED) is 0.308. The highest BCUT2D eigenvalue weighted by Gasteiger charge is 2.50. The number of aliphatic hydroxyl groups is 1. The molecule has 0 bridgehead atoms. The molecule has 1 aromatic rings. The van der Waals surface area contributed by atoms with Gasteiger partial charge in [-0.15, -0.1) is 6.58 Å². The SMILES string of the molecule is C=CCNC(=O)[C@]1(CCC(=O)OC(C)(C)C)N=C(c2ccc(OCCCO)cc2)O[C@@H]1C. The number of carbonyl (C=O) groups excluding carboxylic acids is 2. The first-order chi connectivity index (χ1) is 15.1. The normalized spacial score (nSPS) is 20.2. The van der Waals surface area contributed by atoms with Crippen molar-refractivity contribution in [1.82, 2.24) is 5.32 Å². The van der Waals surface area contributed by atoms with Crippen molar-refractivity contribution < 1.29 is 28.9 Å². The molecule has 32 heavy (non-hydrogen) atoms. The summed E-state index contributed by atoms with van der Waals surface area (Å²) in [5.41, 5.74) is -1.17. The Morgan fingerprint density at radius 2 is 2.00 bits per heavy atom. The average Bonchev–Trinajstić information content (AvgIpc) is 3.07. The monoisotopic (exact) mass is 446 g/mol. The number of benzene rings is 1. The first-order valence-corrected chi connectivity index (χ1v) is 10.8. The van der Waals surface area contributed by atoms with E-state index in [9.17, 15) is 9.59 Å². The molecule has 1 aromatic carbocycles. The Labute approximate surface area is 189 Å². The molecule has 0 unspecified atom stereocenters. The van der Waals surface area contributed by atoms with Gasteiger partial charge in [-0.1, -0.05) is 6.08 Å². The third-order valence-electron chi connectivity index (χ3n) is 4.86. The van der Waals surface area contributed by atoms with Crippen LogP contribution in [0.2, 0.25) is 0 Å². The van der Waals surface area contributed by atoms with Gasteiger partial charge in [0.2, 0.25) is 5.90 Å². The molecule has 2 atom stereocenters. The summed E-state index contributed by atoms with van der Waals surface area (Å²) in [5, 5.41) is 11.6. The number of ether oxygens (including phenoxy) is 3. The molecule has 2 N–H and O–H groups in total. The summed E-state index contributed by atoms with van der Waals surface area (Å²) in [7, 11) is 0. The summed E-state index contributed by atoms with van der Waals surface area (Å²) < 4.78 is 16.9. The van der Waals surface area contributed by atoms with Crippen LogP contribution < -0.4 is 10.1 Å². The van der Waals surface area contributed by atoms with Crippen LogP contribution in [-0.2, 0) is 19.1 Å². The van der Waals surface area contributed by atoms with Crippen molar-refractivity contribution in [2.75, 3.05) is 19.8 Å². The van der Waals surface area contributed by atoms with Crippen LogP contribution in [-0.4, -0.2) is 59.9 Å². The van der Waals surface area contributed by atoms with E-state index in [1.807, 2.05) is 0 Å². The number of hydrogen-bond donors (Lipinski definition) is 2. The molecule has 0 aromatic heterocycles. The van der Waals surface area contributed by atoms with Gasteiger partial charge in [-0.2, -0.15) is 0 Å². The zero-order valence-corrected chi connectivity index (χ0v) is 19.3. The molecular formula is C24H34N2O6. The maximum absolute atomic E-state index is 13.1. The van der Waals surface area contributed by atoms with E-state index >= 15 is 0 Å². The molecule has 8 heteroatoms. The van der Waals surface area contributed by atoms with Crippen molar-refractivity contribution in [2.24, 2.45) is 4.99 Å². The van der Waals surface area contributed by atoms with Gasteiger partial charge in [0.25, 0.3) is 5.91 Å². The van der Waals surface area contributed by atoms with E-state index in [-0.39, 0.29) is 31.9 Å². The highest BCUT2D eigenvalue weighted by atomic mass is 16.6. The molecule has 2 rings (SSSR count). The number of nitrogens with one attached hydrogen (secondary N) is 1. The second-order valence-electron chi connectivity index (χ2n) is 8.64. The summed E-state index contributed by atoms with van der Waals surface area (Å²) in [6.45, 7) is 11.6. The van der Waals surface area contributed by atoms with E-state index < -0.39 is 23.2 Å². The van der Waals surface area contributed by atoms with Gasteiger partial charge in [-0.05, 0) is 58.4 Å². The van der Waals surface area contributed by atoms with Gasteiger partial charge >= 0.3 is 5.97 Å². The van der Waals surface area contributed by atoms with Crippen LogP contribution in [0.3, 0.4) is 0 Å². The van der Waals surface area contributed by atoms with Gasteiger partial charge in [0.1, 0.15) is 17.5 Å². The van der Waals surface area contributed by atoms with Gasteiger partial charge in [-0.3, -0.25) is 9.59 Å². The van der Waals surface area contributed by atoms with Crippen molar-refractivity contribution in [1.29, 1.82) is 0 Å². The summed E-state index contributed by atoms with van der Waals surface area (Å²) in [6, 6.07) is 7.15. The van der Waals surface area contributed by atoms with Crippen molar-refractivity contribution in [3.63, 3.8) is 0 Å². The third-order valence-corrected chi connectivity index (χ3v) is 4.86. The maximum atomic E-state index is 13.1. The number of aliphatic hydroxyl groups excluding tert-OH is 1. The lowest BCUT2D eigenvalue weighted by atomic mass is 9.88. The minimum Gasteiger partial charge on any atom is -0.494 e. The molecule has 0 saturated carbocycles. The number of esters is 1. The van der Waals surface area contributed by atoms with Gasteiger partial charge in [-0.25, -0.2) is 4.99 Å². The Kier molecular flexibility index (Phi) is 8.83. The van der Waals surface area contributed by atoms with Gasteiger partial charge < -0.3 is 24.6 Å². The largest absolute Gasteiger partial charge is 0.494 e. The zero-order valence-electron chi connectivity index (χ0n) is 19.3. The predicted molar refractivity (Wildman–Crippen MR) is 122 cm³/mol. The lowest BCUT2D eigenvalue weighted by Gasteiger charge is -2.28. The number of amides is 1. The molecule has 8 nitrogen and oxygen atoms in total. The lowest BCUT2D eigenvalue weighted by Crippen LogP contribution is -2.51. The summed E-state index contributed by atoms with van der Waals surface area (Å²) in [5.74, 6) is 0.271. The van der Waals surface area contributed by atoms with Crippen LogP contribution in [0.1, 0.15) is 52.5 Å². The Morgan fingerprint density at radius 1 is 1.31 bits per heavy atom. The van der Waals surface area contributed by atoms with E-state index in [0.29, 0.717) is 30.2 Å². The molecule has 1 aliphatic heterocycles. The van der Waals surface area contributed by atoms with Crippen LogP contribution in [0.4, 0.5) is 0 Å². The van der Waals surface area contributed by atoms with Crippen molar-refractivity contribution >= 4 is 17.8 Å². The highest BCUT2D eigenvalue weighted by Crippen LogP contribution is 2.34. The fourth-order valence-corrected chi connectivity index (χ4v) is 3.26. The molecule has 1 heterocycles.